The van der Waals surface area contributed by atoms with Crippen LogP contribution in [0.1, 0.15) is 18.4 Å². The summed E-state index contributed by atoms with van der Waals surface area (Å²) in [6.07, 6.45) is 2.76. The van der Waals surface area contributed by atoms with Crippen molar-refractivity contribution in [3.63, 3.8) is 0 Å². The van der Waals surface area contributed by atoms with Crippen molar-refractivity contribution in [2.24, 2.45) is 5.92 Å². The molecular weight excluding hydrogens is 162 g/mol. The minimum absolute atomic E-state index is 0.353. The Morgan fingerprint density at radius 1 is 1.38 bits per heavy atom. The minimum Gasteiger partial charge on any atom is -0.508 e. The van der Waals surface area contributed by atoms with Crippen LogP contribution >= 0.6 is 0 Å². The van der Waals surface area contributed by atoms with Crippen molar-refractivity contribution < 1.29 is 5.11 Å². The molecule has 0 amide bonds. The second-order valence-corrected chi connectivity index (χ2v) is 3.74. The first kappa shape index (κ1) is 8.57. The van der Waals surface area contributed by atoms with Crippen LogP contribution in [0.25, 0.3) is 0 Å². The van der Waals surface area contributed by atoms with Gasteiger partial charge in [-0.1, -0.05) is 12.1 Å². The molecule has 13 heavy (non-hydrogen) atoms. The molecule has 0 heterocycles. The molecule has 2 nitrogen and oxygen atoms in total. The molecule has 0 radical (unpaired) electrons. The molecule has 0 bridgehead atoms. The minimum atomic E-state index is 0.353. The predicted molar refractivity (Wildman–Crippen MR) is 52.5 cm³/mol. The van der Waals surface area contributed by atoms with Gasteiger partial charge in [0.15, 0.2) is 0 Å². The molecule has 2 heteroatoms. The zero-order chi connectivity index (χ0) is 9.10. The molecule has 0 aromatic heterocycles. The lowest BCUT2D eigenvalue weighted by molar-refractivity contribution is 0.474. The van der Waals surface area contributed by atoms with E-state index < -0.39 is 0 Å². The molecule has 0 unspecified atom stereocenters. The highest BCUT2D eigenvalue weighted by Crippen LogP contribution is 2.27. The van der Waals surface area contributed by atoms with Gasteiger partial charge in [-0.25, -0.2) is 0 Å². The smallest absolute Gasteiger partial charge is 0.115 e. The Balaban J connectivity index is 1.79. The number of nitrogens with one attached hydrogen (secondary N) is 1. The summed E-state index contributed by atoms with van der Waals surface area (Å²) in [5.74, 6) is 1.27. The number of aromatic hydroxyl groups is 1. The van der Waals surface area contributed by atoms with Gasteiger partial charge in [-0.15, -0.1) is 0 Å². The number of rotatable bonds is 4. The molecule has 70 valence electrons. The summed E-state index contributed by atoms with van der Waals surface area (Å²) in [7, 11) is 0. The van der Waals surface area contributed by atoms with E-state index in [9.17, 15) is 5.11 Å². The predicted octanol–water partition coefficient (Wildman–Crippen LogP) is 1.89. The van der Waals surface area contributed by atoms with Crippen molar-refractivity contribution in [1.82, 2.24) is 5.32 Å². The monoisotopic (exact) mass is 177 g/mol. The van der Waals surface area contributed by atoms with Gasteiger partial charge in [0.2, 0.25) is 0 Å². The second-order valence-electron chi connectivity index (χ2n) is 3.74. The third kappa shape index (κ3) is 2.74. The summed E-state index contributed by atoms with van der Waals surface area (Å²) in [5.41, 5.74) is 1.15. The van der Waals surface area contributed by atoms with Gasteiger partial charge in [0.25, 0.3) is 0 Å². The average Bonchev–Trinajstić information content (AvgIpc) is 2.88. The van der Waals surface area contributed by atoms with Gasteiger partial charge in [0, 0.05) is 6.54 Å². The van der Waals surface area contributed by atoms with E-state index >= 15 is 0 Å². The standard InChI is InChI=1S/C11H15NO/c13-11-3-1-2-10(6-11)8-12-7-9-4-5-9/h1-3,6,9,12-13H,4-5,7-8H2. The number of hydrogen-bond donors (Lipinski definition) is 2. The third-order valence-electron chi connectivity index (χ3n) is 2.37. The Bertz CT molecular complexity index is 281. The van der Waals surface area contributed by atoms with Crippen LogP contribution in [0.5, 0.6) is 5.75 Å². The zero-order valence-electron chi connectivity index (χ0n) is 7.66. The molecule has 0 saturated heterocycles. The van der Waals surface area contributed by atoms with Crippen LogP contribution in [0.3, 0.4) is 0 Å². The molecule has 1 aliphatic carbocycles. The summed E-state index contributed by atoms with van der Waals surface area (Å²) >= 11 is 0. The maximum Gasteiger partial charge on any atom is 0.115 e. The van der Waals surface area contributed by atoms with E-state index in [0.29, 0.717) is 5.75 Å². The first-order valence-electron chi connectivity index (χ1n) is 4.83. The van der Waals surface area contributed by atoms with Crippen LogP contribution in [-0.4, -0.2) is 11.7 Å². The summed E-state index contributed by atoms with van der Waals surface area (Å²) < 4.78 is 0. The maximum absolute atomic E-state index is 9.21. The Kier molecular flexibility index (Phi) is 2.50. The summed E-state index contributed by atoms with van der Waals surface area (Å²) in [6, 6.07) is 7.41. The van der Waals surface area contributed by atoms with Crippen molar-refractivity contribution in [1.29, 1.82) is 0 Å². The van der Waals surface area contributed by atoms with E-state index in [2.05, 4.69) is 5.32 Å². The molecule has 1 aliphatic rings. The van der Waals surface area contributed by atoms with Crippen molar-refractivity contribution >= 4 is 0 Å². The molecule has 0 spiro atoms. The molecule has 2 N–H and O–H groups in total. The molecule has 2 rings (SSSR count). The largest absolute Gasteiger partial charge is 0.508 e. The van der Waals surface area contributed by atoms with Gasteiger partial charge in [0.05, 0.1) is 0 Å². The van der Waals surface area contributed by atoms with E-state index in [1.54, 1.807) is 12.1 Å². The molecule has 1 fully saturated rings. The highest BCUT2D eigenvalue weighted by Gasteiger charge is 2.19. The first-order chi connectivity index (χ1) is 6.34. The fraction of sp³-hybridized carbons (Fsp3) is 0.455. The highest BCUT2D eigenvalue weighted by atomic mass is 16.3. The van der Waals surface area contributed by atoms with Crippen LogP contribution in [0.4, 0.5) is 0 Å². The molecule has 1 aromatic rings. The van der Waals surface area contributed by atoms with Crippen molar-refractivity contribution in [2.75, 3.05) is 6.54 Å². The second kappa shape index (κ2) is 3.79. The Labute approximate surface area is 78.6 Å². The number of hydrogen-bond acceptors (Lipinski definition) is 2. The fourth-order valence-corrected chi connectivity index (χ4v) is 1.41. The topological polar surface area (TPSA) is 32.3 Å². The van der Waals surface area contributed by atoms with Gasteiger partial charge < -0.3 is 10.4 Å². The van der Waals surface area contributed by atoms with Crippen LogP contribution in [0, 0.1) is 5.92 Å². The normalized spacial score (nSPS) is 16.0. The quantitative estimate of drug-likeness (QED) is 0.736. The summed E-state index contributed by atoms with van der Waals surface area (Å²) in [4.78, 5) is 0. The van der Waals surface area contributed by atoms with Gasteiger partial charge in [-0.05, 0) is 43.0 Å². The first-order valence-corrected chi connectivity index (χ1v) is 4.83. The summed E-state index contributed by atoms with van der Waals surface area (Å²) in [5, 5.41) is 12.6. The Hall–Kier alpha value is -1.02. The Morgan fingerprint density at radius 2 is 2.23 bits per heavy atom. The van der Waals surface area contributed by atoms with Crippen LogP contribution in [0.2, 0.25) is 0 Å². The fourth-order valence-electron chi connectivity index (χ4n) is 1.41. The highest BCUT2D eigenvalue weighted by molar-refractivity contribution is 5.26. The van der Waals surface area contributed by atoms with Crippen molar-refractivity contribution in [3.8, 4) is 5.75 Å². The third-order valence-corrected chi connectivity index (χ3v) is 2.37. The maximum atomic E-state index is 9.21. The molecule has 1 saturated carbocycles. The lowest BCUT2D eigenvalue weighted by Crippen LogP contribution is -2.15. The summed E-state index contributed by atoms with van der Waals surface area (Å²) in [6.45, 7) is 1.99. The Morgan fingerprint density at radius 3 is 2.92 bits per heavy atom. The van der Waals surface area contributed by atoms with E-state index in [-0.39, 0.29) is 0 Å². The molecule has 1 aromatic carbocycles. The van der Waals surface area contributed by atoms with E-state index in [0.717, 1.165) is 24.6 Å². The number of phenolic OH excluding ortho intramolecular Hbond substituents is 1. The van der Waals surface area contributed by atoms with Crippen molar-refractivity contribution in [3.05, 3.63) is 29.8 Å². The zero-order valence-corrected chi connectivity index (χ0v) is 7.66. The SMILES string of the molecule is Oc1cccc(CNCC2CC2)c1. The van der Waals surface area contributed by atoms with Gasteiger partial charge >= 0.3 is 0 Å². The van der Waals surface area contributed by atoms with Crippen LogP contribution in [-0.2, 0) is 6.54 Å². The van der Waals surface area contributed by atoms with E-state index in [1.807, 2.05) is 12.1 Å². The van der Waals surface area contributed by atoms with E-state index in [4.69, 9.17) is 0 Å². The lowest BCUT2D eigenvalue weighted by Gasteiger charge is -2.03. The van der Waals surface area contributed by atoms with Gasteiger partial charge in [-0.2, -0.15) is 0 Å². The van der Waals surface area contributed by atoms with Gasteiger partial charge in [-0.3, -0.25) is 0 Å². The van der Waals surface area contributed by atoms with Crippen molar-refractivity contribution in [2.45, 2.75) is 19.4 Å². The molecular formula is C11H15NO. The number of phenols is 1. The van der Waals surface area contributed by atoms with Gasteiger partial charge in [0.1, 0.15) is 5.75 Å². The number of benzene rings is 1. The molecule has 0 aliphatic heterocycles. The van der Waals surface area contributed by atoms with Crippen LogP contribution < -0.4 is 5.32 Å². The van der Waals surface area contributed by atoms with E-state index in [1.165, 1.54) is 12.8 Å². The van der Waals surface area contributed by atoms with Crippen LogP contribution in [0.15, 0.2) is 24.3 Å². The lowest BCUT2D eigenvalue weighted by atomic mass is 10.2. The average molecular weight is 177 g/mol. The molecule has 0 atom stereocenters.